The third-order valence-corrected chi connectivity index (χ3v) is 2.39. The maximum absolute atomic E-state index is 11.2. The summed E-state index contributed by atoms with van der Waals surface area (Å²) in [5, 5.41) is 1.88. The lowest BCUT2D eigenvalue weighted by atomic mass is 10.3. The van der Waals surface area contributed by atoms with Gasteiger partial charge in [-0.15, -0.1) is 11.3 Å². The number of ketones is 1. The number of carbonyl (C=O) groups excluding carboxylic acids is 1. The molecule has 0 spiro atoms. The molecule has 2 aromatic rings. The smallest absolute Gasteiger partial charge is 0.194 e. The van der Waals surface area contributed by atoms with E-state index in [2.05, 4.69) is 4.98 Å². The fourth-order valence-electron chi connectivity index (χ4n) is 1.04. The second kappa shape index (κ2) is 2.69. The number of carbonyl (C=O) groups is 1. The summed E-state index contributed by atoms with van der Waals surface area (Å²) in [6, 6.07) is 0. The van der Waals surface area contributed by atoms with E-state index in [9.17, 15) is 4.79 Å². The molecule has 2 N–H and O–H groups in total. The maximum atomic E-state index is 11.2. The number of nitrogens with two attached hydrogens (primary N) is 1. The van der Waals surface area contributed by atoms with E-state index in [0.29, 0.717) is 5.69 Å². The number of Topliss-reactive ketones (excluding diaryl/α,β-unsaturated/α-hetero) is 1. The van der Waals surface area contributed by atoms with Crippen LogP contribution in [0.15, 0.2) is 17.8 Å². The number of aromatic nitrogens is 2. The Hall–Kier alpha value is -1.20. The minimum Gasteiger partial charge on any atom is -0.324 e. The molecule has 12 heavy (non-hydrogen) atoms. The number of hydrogen-bond donors (Lipinski definition) is 1. The van der Waals surface area contributed by atoms with E-state index in [-0.39, 0.29) is 12.3 Å². The van der Waals surface area contributed by atoms with Crippen LogP contribution in [0.2, 0.25) is 0 Å². The van der Waals surface area contributed by atoms with Crippen LogP contribution in [-0.2, 0) is 0 Å². The van der Waals surface area contributed by atoms with Crippen LogP contribution in [0.5, 0.6) is 0 Å². The third-order valence-electron chi connectivity index (χ3n) is 1.62. The van der Waals surface area contributed by atoms with E-state index in [4.69, 9.17) is 5.73 Å². The fraction of sp³-hybridized carbons (Fsp3) is 0.143. The molecule has 0 aliphatic rings. The Morgan fingerprint density at radius 2 is 2.58 bits per heavy atom. The first kappa shape index (κ1) is 7.45. The van der Waals surface area contributed by atoms with Crippen molar-refractivity contribution in [1.29, 1.82) is 0 Å². The molecule has 2 rings (SSSR count). The first-order valence-corrected chi connectivity index (χ1v) is 4.34. The zero-order valence-corrected chi connectivity index (χ0v) is 7.04. The monoisotopic (exact) mass is 181 g/mol. The molecule has 62 valence electrons. The summed E-state index contributed by atoms with van der Waals surface area (Å²) in [5.41, 5.74) is 5.80. The lowest BCUT2D eigenvalue weighted by Crippen LogP contribution is -2.14. The van der Waals surface area contributed by atoms with Crippen LogP contribution in [0.1, 0.15) is 10.5 Å². The molecule has 0 fully saturated rings. The van der Waals surface area contributed by atoms with E-state index in [1.165, 1.54) is 11.3 Å². The number of thiazole rings is 1. The Balaban J connectivity index is 2.61. The number of nitrogens with zero attached hydrogens (tertiary/aromatic N) is 2. The third kappa shape index (κ3) is 0.945. The van der Waals surface area contributed by atoms with Gasteiger partial charge in [-0.2, -0.15) is 0 Å². The molecule has 5 heteroatoms. The second-order valence-corrected chi connectivity index (χ2v) is 3.20. The highest BCUT2D eigenvalue weighted by Crippen LogP contribution is 2.12. The predicted octanol–water partition coefficient (Wildman–Crippen LogP) is 0.537. The maximum Gasteiger partial charge on any atom is 0.194 e. The Bertz CT molecular complexity index is 417. The van der Waals surface area contributed by atoms with E-state index in [0.717, 1.165) is 4.96 Å². The first-order chi connectivity index (χ1) is 5.83. The summed E-state index contributed by atoms with van der Waals surface area (Å²) in [6.07, 6.45) is 3.37. The average molecular weight is 181 g/mol. The van der Waals surface area contributed by atoms with Crippen LogP contribution in [0.4, 0.5) is 0 Å². The van der Waals surface area contributed by atoms with Crippen LogP contribution >= 0.6 is 11.3 Å². The van der Waals surface area contributed by atoms with Gasteiger partial charge in [-0.3, -0.25) is 9.20 Å². The van der Waals surface area contributed by atoms with E-state index >= 15 is 0 Å². The largest absolute Gasteiger partial charge is 0.324 e. The standard InChI is InChI=1S/C7H7N3OS/c8-3-6(11)5-4-9-7-10(5)1-2-12-7/h1-2,4H,3,8H2. The minimum atomic E-state index is -0.0825. The van der Waals surface area contributed by atoms with Crippen molar-refractivity contribution < 1.29 is 4.79 Å². The van der Waals surface area contributed by atoms with Crippen molar-refractivity contribution in [3.63, 3.8) is 0 Å². The van der Waals surface area contributed by atoms with Crippen molar-refractivity contribution in [3.8, 4) is 0 Å². The van der Waals surface area contributed by atoms with Gasteiger partial charge in [0.2, 0.25) is 0 Å². The molecule has 0 atom stereocenters. The Morgan fingerprint density at radius 1 is 1.75 bits per heavy atom. The van der Waals surface area contributed by atoms with Crippen LogP contribution < -0.4 is 5.73 Å². The summed E-state index contributed by atoms with van der Waals surface area (Å²) in [6.45, 7) is 0.0314. The van der Waals surface area contributed by atoms with Gasteiger partial charge >= 0.3 is 0 Å². The predicted molar refractivity (Wildman–Crippen MR) is 46.5 cm³/mol. The van der Waals surface area contributed by atoms with Crippen LogP contribution in [0.25, 0.3) is 4.96 Å². The van der Waals surface area contributed by atoms with Gasteiger partial charge in [-0.1, -0.05) is 0 Å². The normalized spacial score (nSPS) is 10.8. The molecule has 0 saturated heterocycles. The van der Waals surface area contributed by atoms with Gasteiger partial charge in [0.1, 0.15) is 5.69 Å². The van der Waals surface area contributed by atoms with Crippen molar-refractivity contribution in [3.05, 3.63) is 23.5 Å². The van der Waals surface area contributed by atoms with Crippen molar-refractivity contribution in [2.24, 2.45) is 5.73 Å². The van der Waals surface area contributed by atoms with E-state index in [1.807, 2.05) is 11.6 Å². The van der Waals surface area contributed by atoms with Crippen molar-refractivity contribution in [2.45, 2.75) is 0 Å². The van der Waals surface area contributed by atoms with Gasteiger partial charge in [0, 0.05) is 11.6 Å². The quantitative estimate of drug-likeness (QED) is 0.688. The summed E-state index contributed by atoms with van der Waals surface area (Å²) < 4.78 is 1.75. The highest BCUT2D eigenvalue weighted by Gasteiger charge is 2.09. The van der Waals surface area contributed by atoms with Gasteiger partial charge in [-0.05, 0) is 0 Å². The molecule has 0 saturated carbocycles. The van der Waals surface area contributed by atoms with Gasteiger partial charge in [0.05, 0.1) is 12.7 Å². The average Bonchev–Trinajstić information content (AvgIpc) is 2.62. The van der Waals surface area contributed by atoms with Gasteiger partial charge in [0.25, 0.3) is 0 Å². The lowest BCUT2D eigenvalue weighted by Gasteiger charge is -1.92. The fourth-order valence-corrected chi connectivity index (χ4v) is 1.73. The summed E-state index contributed by atoms with van der Waals surface area (Å²) in [7, 11) is 0. The van der Waals surface area contributed by atoms with Crippen LogP contribution in [-0.4, -0.2) is 21.7 Å². The minimum absolute atomic E-state index is 0.0314. The molecule has 0 unspecified atom stereocenters. The zero-order chi connectivity index (χ0) is 8.55. The van der Waals surface area contributed by atoms with E-state index in [1.54, 1.807) is 10.6 Å². The molecular weight excluding hydrogens is 174 g/mol. The number of rotatable bonds is 2. The zero-order valence-electron chi connectivity index (χ0n) is 6.23. The molecule has 0 amide bonds. The van der Waals surface area contributed by atoms with Gasteiger partial charge < -0.3 is 5.73 Å². The highest BCUT2D eigenvalue weighted by molar-refractivity contribution is 7.15. The molecule has 2 aromatic heterocycles. The van der Waals surface area contributed by atoms with Crippen LogP contribution in [0.3, 0.4) is 0 Å². The number of fused-ring (bicyclic) bond motifs is 1. The molecular formula is C7H7N3OS. The molecule has 0 aliphatic carbocycles. The van der Waals surface area contributed by atoms with Gasteiger partial charge in [0.15, 0.2) is 10.7 Å². The van der Waals surface area contributed by atoms with Crippen LogP contribution in [0, 0.1) is 0 Å². The van der Waals surface area contributed by atoms with Crippen molar-refractivity contribution >= 4 is 22.1 Å². The summed E-state index contributed by atoms with van der Waals surface area (Å²) >= 11 is 1.49. The molecule has 0 bridgehead atoms. The Morgan fingerprint density at radius 3 is 3.33 bits per heavy atom. The molecule has 2 heterocycles. The molecule has 0 aliphatic heterocycles. The Labute approximate surface area is 72.6 Å². The van der Waals surface area contributed by atoms with Gasteiger partial charge in [-0.25, -0.2) is 4.98 Å². The molecule has 4 nitrogen and oxygen atoms in total. The summed E-state index contributed by atoms with van der Waals surface area (Å²) in [5.74, 6) is -0.0825. The topological polar surface area (TPSA) is 60.4 Å². The second-order valence-electron chi connectivity index (χ2n) is 2.33. The lowest BCUT2D eigenvalue weighted by molar-refractivity contribution is 0.0996. The summed E-state index contributed by atoms with van der Waals surface area (Å²) in [4.78, 5) is 16.1. The molecule has 0 aromatic carbocycles. The Kier molecular flexibility index (Phi) is 1.67. The number of hydrogen-bond acceptors (Lipinski definition) is 4. The van der Waals surface area contributed by atoms with Crippen molar-refractivity contribution in [1.82, 2.24) is 9.38 Å². The first-order valence-electron chi connectivity index (χ1n) is 3.46. The SMILES string of the molecule is NCC(=O)c1cnc2sccn12. The molecule has 0 radical (unpaired) electrons. The number of imidazole rings is 1. The highest BCUT2D eigenvalue weighted by atomic mass is 32.1. The van der Waals surface area contributed by atoms with E-state index < -0.39 is 0 Å². The van der Waals surface area contributed by atoms with Crippen molar-refractivity contribution in [2.75, 3.05) is 6.54 Å².